The van der Waals surface area contributed by atoms with Gasteiger partial charge in [0.05, 0.1) is 16.8 Å². The van der Waals surface area contributed by atoms with Crippen LogP contribution in [-0.2, 0) is 0 Å². The van der Waals surface area contributed by atoms with Crippen molar-refractivity contribution in [3.05, 3.63) is 71.9 Å². The summed E-state index contributed by atoms with van der Waals surface area (Å²) in [6.45, 7) is 3.00. The zero-order chi connectivity index (χ0) is 16.1. The molecule has 1 N–H and O–H groups in total. The number of hydrogen-bond acceptors (Lipinski definition) is 3. The van der Waals surface area contributed by atoms with E-state index in [2.05, 4.69) is 17.2 Å². The molecule has 0 unspecified atom stereocenters. The van der Waals surface area contributed by atoms with Gasteiger partial charge >= 0.3 is 0 Å². The summed E-state index contributed by atoms with van der Waals surface area (Å²) < 4.78 is 0. The van der Waals surface area contributed by atoms with Crippen LogP contribution >= 0.6 is 0 Å². The van der Waals surface area contributed by atoms with Gasteiger partial charge in [0, 0.05) is 23.7 Å². The first-order chi connectivity index (χ1) is 11.3. The predicted octanol–water partition coefficient (Wildman–Crippen LogP) is 4.68. The third-order valence-corrected chi connectivity index (χ3v) is 3.89. The summed E-state index contributed by atoms with van der Waals surface area (Å²) in [7, 11) is 0. The number of para-hydroxylation sites is 1. The van der Waals surface area contributed by atoms with Gasteiger partial charge in [0.25, 0.3) is 0 Å². The normalized spacial score (nSPS) is 10.7. The molecule has 3 rings (SSSR count). The number of carbonyl (C=O) groups is 1. The van der Waals surface area contributed by atoms with Gasteiger partial charge in [-0.3, -0.25) is 9.78 Å². The number of anilines is 1. The van der Waals surface area contributed by atoms with Crippen LogP contribution in [0.25, 0.3) is 10.9 Å². The van der Waals surface area contributed by atoms with Crippen LogP contribution in [-0.4, -0.2) is 17.3 Å². The number of pyridine rings is 1. The van der Waals surface area contributed by atoms with Gasteiger partial charge in [-0.15, -0.1) is 0 Å². The number of benzene rings is 2. The van der Waals surface area contributed by atoms with E-state index in [0.29, 0.717) is 11.1 Å². The highest BCUT2D eigenvalue weighted by Crippen LogP contribution is 2.27. The summed E-state index contributed by atoms with van der Waals surface area (Å²) >= 11 is 0. The molecule has 3 heteroatoms. The lowest BCUT2D eigenvalue weighted by Crippen LogP contribution is -2.10. The number of carbonyl (C=O) groups excluding carboxylic acids is 1. The monoisotopic (exact) mass is 304 g/mol. The molecule has 0 aliphatic carbocycles. The van der Waals surface area contributed by atoms with Crippen molar-refractivity contribution in [3.8, 4) is 0 Å². The molecule has 0 aliphatic heterocycles. The fraction of sp³-hybridized carbons (Fsp3) is 0.200. The van der Waals surface area contributed by atoms with Crippen molar-refractivity contribution in [2.45, 2.75) is 19.8 Å². The third kappa shape index (κ3) is 3.24. The molecule has 3 aromatic rings. The maximum Gasteiger partial charge on any atom is 0.196 e. The van der Waals surface area contributed by atoms with Gasteiger partial charge in [0.2, 0.25) is 0 Å². The van der Waals surface area contributed by atoms with Crippen molar-refractivity contribution < 1.29 is 4.79 Å². The molecule has 0 radical (unpaired) electrons. The maximum atomic E-state index is 12.9. The minimum absolute atomic E-state index is 0.00264. The minimum Gasteiger partial charge on any atom is -0.384 e. The smallest absolute Gasteiger partial charge is 0.196 e. The fourth-order valence-electron chi connectivity index (χ4n) is 2.64. The standard InChI is InChI=1S/C20H20N2O/c1-2-3-13-21-19-16-11-7-8-12-18(16)22-14-17(19)20(23)15-9-5-4-6-10-15/h4-12,14H,2-3,13H2,1H3,(H,21,22). The average molecular weight is 304 g/mol. The first-order valence-electron chi connectivity index (χ1n) is 8.02. The number of nitrogens with one attached hydrogen (secondary N) is 1. The molecule has 0 saturated carbocycles. The van der Waals surface area contributed by atoms with E-state index in [0.717, 1.165) is 36.0 Å². The summed E-state index contributed by atoms with van der Waals surface area (Å²) in [5.74, 6) is 0.00264. The molecule has 1 aromatic heterocycles. The maximum absolute atomic E-state index is 12.9. The summed E-state index contributed by atoms with van der Waals surface area (Å²) in [4.78, 5) is 17.3. The van der Waals surface area contributed by atoms with Gasteiger partial charge < -0.3 is 5.32 Å². The number of hydrogen-bond donors (Lipinski definition) is 1. The van der Waals surface area contributed by atoms with Gasteiger partial charge in [-0.25, -0.2) is 0 Å². The second kappa shape index (κ2) is 7.05. The second-order valence-corrected chi connectivity index (χ2v) is 5.54. The Morgan fingerprint density at radius 2 is 1.78 bits per heavy atom. The highest BCUT2D eigenvalue weighted by Gasteiger charge is 2.16. The largest absolute Gasteiger partial charge is 0.384 e. The van der Waals surface area contributed by atoms with Crippen LogP contribution < -0.4 is 5.32 Å². The van der Waals surface area contributed by atoms with Crippen LogP contribution in [0.5, 0.6) is 0 Å². The molecular formula is C20H20N2O. The van der Waals surface area contributed by atoms with E-state index in [1.807, 2.05) is 54.6 Å². The SMILES string of the molecule is CCCCNc1c(C(=O)c2ccccc2)cnc2ccccc12. The number of aromatic nitrogens is 1. The number of ketones is 1. The molecule has 0 atom stereocenters. The molecule has 0 fully saturated rings. The van der Waals surface area contributed by atoms with Crippen molar-refractivity contribution in [3.63, 3.8) is 0 Å². The fourth-order valence-corrected chi connectivity index (χ4v) is 2.64. The summed E-state index contributed by atoms with van der Waals surface area (Å²) in [5, 5.41) is 4.44. The van der Waals surface area contributed by atoms with Crippen molar-refractivity contribution in [1.29, 1.82) is 0 Å². The topological polar surface area (TPSA) is 42.0 Å². The van der Waals surface area contributed by atoms with Crippen LogP contribution in [0.1, 0.15) is 35.7 Å². The highest BCUT2D eigenvalue weighted by molar-refractivity contribution is 6.15. The molecule has 3 nitrogen and oxygen atoms in total. The molecule has 0 spiro atoms. The van der Waals surface area contributed by atoms with Gasteiger partial charge in [-0.05, 0) is 12.5 Å². The Bertz CT molecular complexity index is 812. The molecule has 0 bridgehead atoms. The Morgan fingerprint density at radius 3 is 2.57 bits per heavy atom. The Kier molecular flexibility index (Phi) is 4.67. The van der Waals surface area contributed by atoms with E-state index in [1.54, 1.807) is 6.20 Å². The Labute approximate surface area is 136 Å². The summed E-state index contributed by atoms with van der Waals surface area (Å²) in [6, 6.07) is 17.3. The zero-order valence-electron chi connectivity index (χ0n) is 13.3. The Hall–Kier alpha value is -2.68. The van der Waals surface area contributed by atoms with Crippen LogP contribution in [0.3, 0.4) is 0 Å². The lowest BCUT2D eigenvalue weighted by atomic mass is 10.0. The Balaban J connectivity index is 2.08. The highest BCUT2D eigenvalue weighted by atomic mass is 16.1. The van der Waals surface area contributed by atoms with E-state index in [9.17, 15) is 4.79 Å². The lowest BCUT2D eigenvalue weighted by molar-refractivity contribution is 0.103. The van der Waals surface area contributed by atoms with Crippen LogP contribution in [0.15, 0.2) is 60.8 Å². The number of fused-ring (bicyclic) bond motifs is 1. The third-order valence-electron chi connectivity index (χ3n) is 3.89. The van der Waals surface area contributed by atoms with E-state index < -0.39 is 0 Å². The van der Waals surface area contributed by atoms with Gasteiger partial charge in [0.15, 0.2) is 5.78 Å². The van der Waals surface area contributed by atoms with Crippen molar-refractivity contribution in [2.75, 3.05) is 11.9 Å². The first kappa shape index (κ1) is 15.2. The predicted molar refractivity (Wildman–Crippen MR) is 95.0 cm³/mol. The van der Waals surface area contributed by atoms with E-state index >= 15 is 0 Å². The van der Waals surface area contributed by atoms with E-state index in [1.165, 1.54) is 0 Å². The van der Waals surface area contributed by atoms with Gasteiger partial charge in [0.1, 0.15) is 0 Å². The van der Waals surface area contributed by atoms with Crippen molar-refractivity contribution in [1.82, 2.24) is 4.98 Å². The lowest BCUT2D eigenvalue weighted by Gasteiger charge is -2.14. The van der Waals surface area contributed by atoms with Crippen molar-refractivity contribution >= 4 is 22.4 Å². The van der Waals surface area contributed by atoms with Crippen LogP contribution in [0.2, 0.25) is 0 Å². The summed E-state index contributed by atoms with van der Waals surface area (Å²) in [5.41, 5.74) is 3.10. The Morgan fingerprint density at radius 1 is 1.04 bits per heavy atom. The number of unbranched alkanes of at least 4 members (excludes halogenated alkanes) is 1. The molecule has 1 heterocycles. The molecule has 0 aliphatic rings. The van der Waals surface area contributed by atoms with Crippen LogP contribution in [0.4, 0.5) is 5.69 Å². The van der Waals surface area contributed by atoms with Gasteiger partial charge in [-0.2, -0.15) is 0 Å². The van der Waals surface area contributed by atoms with Gasteiger partial charge in [-0.1, -0.05) is 61.9 Å². The van der Waals surface area contributed by atoms with Crippen molar-refractivity contribution in [2.24, 2.45) is 0 Å². The molecular weight excluding hydrogens is 284 g/mol. The molecule has 23 heavy (non-hydrogen) atoms. The number of rotatable bonds is 6. The zero-order valence-corrected chi connectivity index (χ0v) is 13.3. The molecule has 2 aromatic carbocycles. The van der Waals surface area contributed by atoms with E-state index in [4.69, 9.17) is 0 Å². The van der Waals surface area contributed by atoms with Crippen LogP contribution in [0, 0.1) is 0 Å². The molecule has 116 valence electrons. The molecule has 0 amide bonds. The quantitative estimate of drug-likeness (QED) is 0.531. The minimum atomic E-state index is 0.00264. The summed E-state index contributed by atoms with van der Waals surface area (Å²) in [6.07, 6.45) is 3.86. The average Bonchev–Trinajstić information content (AvgIpc) is 2.62. The number of nitrogens with zero attached hydrogens (tertiary/aromatic N) is 1. The molecule has 0 saturated heterocycles. The van der Waals surface area contributed by atoms with E-state index in [-0.39, 0.29) is 5.78 Å². The second-order valence-electron chi connectivity index (χ2n) is 5.54. The first-order valence-corrected chi connectivity index (χ1v) is 8.02.